The van der Waals surface area contributed by atoms with Crippen molar-refractivity contribution in [3.63, 3.8) is 0 Å². The van der Waals surface area contributed by atoms with Gasteiger partial charge in [-0.1, -0.05) is 73.3 Å². The molecule has 2 amide bonds. The van der Waals surface area contributed by atoms with Crippen LogP contribution in [-0.4, -0.2) is 42.5 Å². The molecule has 0 aromatic heterocycles. The summed E-state index contributed by atoms with van der Waals surface area (Å²) in [6, 6.07) is 23.7. The van der Waals surface area contributed by atoms with Crippen molar-refractivity contribution in [1.29, 1.82) is 0 Å². The molecule has 6 nitrogen and oxygen atoms in total. The monoisotopic (exact) mass is 534 g/mol. The summed E-state index contributed by atoms with van der Waals surface area (Å²) in [5, 5.41) is 3.84. The number of hydrogen-bond acceptors (Lipinski definition) is 4. The molecule has 38 heavy (non-hydrogen) atoms. The van der Waals surface area contributed by atoms with Crippen LogP contribution in [-0.2, 0) is 22.6 Å². The van der Waals surface area contributed by atoms with Crippen LogP contribution in [0.4, 0.5) is 0 Å². The van der Waals surface area contributed by atoms with Gasteiger partial charge in [-0.3, -0.25) is 9.59 Å². The molecule has 0 aliphatic heterocycles. The fourth-order valence-electron chi connectivity index (χ4n) is 4.82. The number of ether oxygens (including phenoxy) is 2. The molecule has 1 aliphatic rings. The van der Waals surface area contributed by atoms with E-state index in [-0.39, 0.29) is 31.0 Å². The molecule has 0 heterocycles. The predicted octanol–water partition coefficient (Wildman–Crippen LogP) is 5.82. The number of amides is 2. The lowest BCUT2D eigenvalue weighted by molar-refractivity contribution is -0.143. The quantitative estimate of drug-likeness (QED) is 0.337. The van der Waals surface area contributed by atoms with E-state index >= 15 is 0 Å². The molecule has 3 aromatic carbocycles. The summed E-state index contributed by atoms with van der Waals surface area (Å²) in [5.41, 5.74) is 1.85. The molecule has 3 aromatic rings. The van der Waals surface area contributed by atoms with Crippen LogP contribution in [0.25, 0.3) is 0 Å². The van der Waals surface area contributed by atoms with Crippen molar-refractivity contribution in [3.8, 4) is 11.5 Å². The molecule has 0 radical (unpaired) electrons. The number of hydrogen-bond donors (Lipinski definition) is 1. The number of methoxy groups -OCH3 is 1. The number of carbonyl (C=O) groups excluding carboxylic acids is 2. The Labute approximate surface area is 229 Å². The lowest BCUT2D eigenvalue weighted by atomic mass is 9.94. The van der Waals surface area contributed by atoms with E-state index in [0.29, 0.717) is 22.9 Å². The van der Waals surface area contributed by atoms with Crippen molar-refractivity contribution in [1.82, 2.24) is 10.2 Å². The molecule has 0 spiro atoms. The van der Waals surface area contributed by atoms with Crippen LogP contribution in [0, 0.1) is 0 Å². The Morgan fingerprint density at radius 3 is 2.34 bits per heavy atom. The lowest BCUT2D eigenvalue weighted by Gasteiger charge is -2.33. The van der Waals surface area contributed by atoms with Gasteiger partial charge in [0, 0.05) is 24.0 Å². The van der Waals surface area contributed by atoms with Crippen LogP contribution in [0.3, 0.4) is 0 Å². The van der Waals surface area contributed by atoms with Crippen LogP contribution >= 0.6 is 11.6 Å². The molecule has 1 atom stereocenters. The summed E-state index contributed by atoms with van der Waals surface area (Å²) < 4.78 is 11.2. The maximum absolute atomic E-state index is 13.8. The Morgan fingerprint density at radius 2 is 1.63 bits per heavy atom. The summed E-state index contributed by atoms with van der Waals surface area (Å²) in [6.45, 7) is 0.0448. The summed E-state index contributed by atoms with van der Waals surface area (Å²) in [4.78, 5) is 29.2. The number of benzene rings is 3. The van der Waals surface area contributed by atoms with Gasteiger partial charge in [-0.25, -0.2) is 0 Å². The fraction of sp³-hybridized carbons (Fsp3) is 0.355. The highest BCUT2D eigenvalue weighted by Gasteiger charge is 2.32. The number of nitrogens with zero attached hydrogens (tertiary/aromatic N) is 1. The first kappa shape index (κ1) is 27.5. The van der Waals surface area contributed by atoms with E-state index in [9.17, 15) is 9.59 Å². The molecule has 1 fully saturated rings. The topological polar surface area (TPSA) is 67.9 Å². The molecular formula is C31H35ClN2O4. The highest BCUT2D eigenvalue weighted by molar-refractivity contribution is 6.30. The first-order chi connectivity index (χ1) is 18.5. The predicted molar refractivity (Wildman–Crippen MR) is 149 cm³/mol. The summed E-state index contributed by atoms with van der Waals surface area (Å²) in [6.07, 6.45) is 5.74. The van der Waals surface area contributed by atoms with E-state index in [1.165, 1.54) is 6.42 Å². The number of rotatable bonds is 11. The van der Waals surface area contributed by atoms with Gasteiger partial charge in [-0.05, 0) is 60.4 Å². The average molecular weight is 535 g/mol. The van der Waals surface area contributed by atoms with Crippen LogP contribution in [0.1, 0.15) is 43.2 Å². The molecule has 7 heteroatoms. The van der Waals surface area contributed by atoms with Crippen molar-refractivity contribution in [2.45, 2.75) is 57.2 Å². The molecule has 200 valence electrons. The number of halogens is 1. The Morgan fingerprint density at radius 1 is 0.921 bits per heavy atom. The second kappa shape index (κ2) is 13.9. The highest BCUT2D eigenvalue weighted by Crippen LogP contribution is 2.22. The van der Waals surface area contributed by atoms with Gasteiger partial charge in [0.2, 0.25) is 5.91 Å². The summed E-state index contributed by atoms with van der Waals surface area (Å²) >= 11 is 5.99. The second-order valence-corrected chi connectivity index (χ2v) is 10.1. The summed E-state index contributed by atoms with van der Waals surface area (Å²) in [7, 11) is 1.61. The average Bonchev–Trinajstić information content (AvgIpc) is 2.95. The largest absolute Gasteiger partial charge is 0.497 e. The molecule has 1 aliphatic carbocycles. The summed E-state index contributed by atoms with van der Waals surface area (Å²) in [5.74, 6) is 0.819. The number of carbonyl (C=O) groups is 2. The van der Waals surface area contributed by atoms with Gasteiger partial charge in [0.05, 0.1) is 7.11 Å². The Bertz CT molecular complexity index is 1180. The first-order valence-corrected chi connectivity index (χ1v) is 13.5. The van der Waals surface area contributed by atoms with Gasteiger partial charge >= 0.3 is 0 Å². The van der Waals surface area contributed by atoms with Gasteiger partial charge < -0.3 is 19.7 Å². The Balaban J connectivity index is 1.61. The maximum atomic E-state index is 13.8. The fourth-order valence-corrected chi connectivity index (χ4v) is 4.95. The van der Waals surface area contributed by atoms with Gasteiger partial charge in [0.25, 0.3) is 5.91 Å². The van der Waals surface area contributed by atoms with E-state index in [1.807, 2.05) is 54.6 Å². The Kier molecular flexibility index (Phi) is 10.0. The molecule has 0 saturated heterocycles. The molecule has 4 rings (SSSR count). The van der Waals surface area contributed by atoms with Crippen LogP contribution in [0.2, 0.25) is 5.02 Å². The van der Waals surface area contributed by atoms with E-state index in [1.54, 1.807) is 36.3 Å². The zero-order valence-corrected chi connectivity index (χ0v) is 22.5. The third kappa shape index (κ3) is 7.99. The third-order valence-electron chi connectivity index (χ3n) is 6.89. The molecule has 0 unspecified atom stereocenters. The molecular weight excluding hydrogens is 500 g/mol. The minimum atomic E-state index is -0.702. The van der Waals surface area contributed by atoms with E-state index in [2.05, 4.69) is 5.32 Å². The van der Waals surface area contributed by atoms with Crippen LogP contribution in [0.5, 0.6) is 11.5 Å². The van der Waals surface area contributed by atoms with E-state index in [0.717, 1.165) is 36.8 Å². The van der Waals surface area contributed by atoms with Gasteiger partial charge in [0.1, 0.15) is 17.5 Å². The zero-order chi connectivity index (χ0) is 26.7. The minimum Gasteiger partial charge on any atom is -0.497 e. The van der Waals surface area contributed by atoms with Crippen LogP contribution < -0.4 is 14.8 Å². The first-order valence-electron chi connectivity index (χ1n) is 13.2. The van der Waals surface area contributed by atoms with Crippen molar-refractivity contribution >= 4 is 23.4 Å². The molecule has 1 saturated carbocycles. The van der Waals surface area contributed by atoms with Crippen molar-refractivity contribution in [2.24, 2.45) is 0 Å². The van der Waals surface area contributed by atoms with E-state index < -0.39 is 6.04 Å². The van der Waals surface area contributed by atoms with Gasteiger partial charge in [-0.2, -0.15) is 0 Å². The second-order valence-electron chi connectivity index (χ2n) is 9.66. The number of nitrogens with one attached hydrogen (secondary N) is 1. The zero-order valence-electron chi connectivity index (χ0n) is 21.8. The molecule has 0 bridgehead atoms. The third-order valence-corrected chi connectivity index (χ3v) is 7.14. The van der Waals surface area contributed by atoms with Crippen molar-refractivity contribution < 1.29 is 19.1 Å². The van der Waals surface area contributed by atoms with Crippen LogP contribution in [0.15, 0.2) is 78.9 Å². The smallest absolute Gasteiger partial charge is 0.261 e. The highest BCUT2D eigenvalue weighted by atomic mass is 35.5. The molecule has 1 N–H and O–H groups in total. The van der Waals surface area contributed by atoms with Gasteiger partial charge in [0.15, 0.2) is 6.61 Å². The van der Waals surface area contributed by atoms with E-state index in [4.69, 9.17) is 21.1 Å². The van der Waals surface area contributed by atoms with Crippen molar-refractivity contribution in [3.05, 3.63) is 95.0 Å². The van der Waals surface area contributed by atoms with Gasteiger partial charge in [-0.15, -0.1) is 0 Å². The Hall–Kier alpha value is -3.51. The standard InChI is InChI=1S/C31H35ClN2O4/c1-37-28-14-8-11-24(19-28)21-34(30(35)22-38-27-17-15-25(32)16-18-27)29(20-23-9-4-2-5-10-23)31(36)33-26-12-6-3-7-13-26/h2,4-5,8-11,14-19,26,29H,3,6-7,12-13,20-22H2,1H3,(H,33,36)/t29-/m0/s1. The maximum Gasteiger partial charge on any atom is 0.261 e. The minimum absolute atomic E-state index is 0.133. The lowest BCUT2D eigenvalue weighted by Crippen LogP contribution is -2.53. The SMILES string of the molecule is COc1cccc(CN(C(=O)COc2ccc(Cl)cc2)[C@@H](Cc2ccccc2)C(=O)NC2CCCCC2)c1. The normalized spacial score (nSPS) is 14.4. The van der Waals surface area contributed by atoms with Crippen molar-refractivity contribution in [2.75, 3.05) is 13.7 Å².